The van der Waals surface area contributed by atoms with Crippen LogP contribution >= 0.6 is 11.8 Å². The highest BCUT2D eigenvalue weighted by atomic mass is 32.2. The van der Waals surface area contributed by atoms with Crippen molar-refractivity contribution in [3.63, 3.8) is 0 Å². The van der Waals surface area contributed by atoms with Crippen LogP contribution in [-0.4, -0.2) is 20.7 Å². The summed E-state index contributed by atoms with van der Waals surface area (Å²) in [7, 11) is 0. The molecule has 4 aromatic rings. The Balaban J connectivity index is 1.62. The van der Waals surface area contributed by atoms with Crippen LogP contribution in [0.3, 0.4) is 0 Å². The van der Waals surface area contributed by atoms with Crippen LogP contribution < -0.4 is 10.9 Å². The SMILES string of the molecule is C=CCn1c(SC(C)C(=O)NC(c2ccccc2)c2ccccc2)nc2ccccc2c1=O. The standard InChI is InChI=1S/C27H25N3O2S/c1-3-18-30-26(32)22-16-10-11-17-23(22)28-27(30)33-19(2)25(31)29-24(20-12-6-4-7-13-20)21-14-8-5-9-15-21/h3-17,19,24H,1,18H2,2H3,(H,29,31). The maximum Gasteiger partial charge on any atom is 0.262 e. The summed E-state index contributed by atoms with van der Waals surface area (Å²) in [4.78, 5) is 30.9. The number of allylic oxidation sites excluding steroid dienone is 1. The lowest BCUT2D eigenvalue weighted by Crippen LogP contribution is -2.35. The third kappa shape index (κ3) is 5.07. The molecule has 1 unspecified atom stereocenters. The lowest BCUT2D eigenvalue weighted by Gasteiger charge is -2.22. The van der Waals surface area contributed by atoms with E-state index in [-0.39, 0.29) is 17.5 Å². The van der Waals surface area contributed by atoms with E-state index in [1.165, 1.54) is 11.8 Å². The minimum absolute atomic E-state index is 0.134. The Bertz CT molecular complexity index is 1280. The molecule has 4 rings (SSSR count). The van der Waals surface area contributed by atoms with Gasteiger partial charge in [-0.25, -0.2) is 4.98 Å². The molecule has 0 spiro atoms. The molecule has 0 fully saturated rings. The molecule has 0 aliphatic carbocycles. The maximum absolute atomic E-state index is 13.3. The number of amides is 1. The number of rotatable bonds is 8. The second-order valence-corrected chi connectivity index (χ2v) is 8.95. The largest absolute Gasteiger partial charge is 0.344 e. The van der Waals surface area contributed by atoms with E-state index in [1.807, 2.05) is 85.8 Å². The van der Waals surface area contributed by atoms with Gasteiger partial charge in [0.15, 0.2) is 5.16 Å². The number of carbonyl (C=O) groups excluding carboxylic acids is 1. The molecule has 0 bridgehead atoms. The molecule has 6 heteroatoms. The van der Waals surface area contributed by atoms with Crippen molar-refractivity contribution in [2.24, 2.45) is 0 Å². The van der Waals surface area contributed by atoms with Crippen LogP contribution in [0.25, 0.3) is 10.9 Å². The number of benzene rings is 3. The molecule has 0 radical (unpaired) electrons. The molecule has 3 aromatic carbocycles. The summed E-state index contributed by atoms with van der Waals surface area (Å²) in [5.74, 6) is -0.134. The number of carbonyl (C=O) groups is 1. The van der Waals surface area contributed by atoms with Gasteiger partial charge in [-0.3, -0.25) is 14.2 Å². The van der Waals surface area contributed by atoms with Crippen molar-refractivity contribution in [3.8, 4) is 0 Å². The molecule has 1 amide bonds. The van der Waals surface area contributed by atoms with Gasteiger partial charge in [-0.15, -0.1) is 6.58 Å². The van der Waals surface area contributed by atoms with E-state index in [0.29, 0.717) is 22.6 Å². The zero-order valence-electron chi connectivity index (χ0n) is 18.3. The summed E-state index contributed by atoms with van der Waals surface area (Å²) in [6.07, 6.45) is 1.66. The van der Waals surface area contributed by atoms with Crippen LogP contribution in [0.5, 0.6) is 0 Å². The second-order valence-electron chi connectivity index (χ2n) is 7.64. The Morgan fingerprint density at radius 2 is 1.58 bits per heavy atom. The van der Waals surface area contributed by atoms with Crippen molar-refractivity contribution in [1.82, 2.24) is 14.9 Å². The number of para-hydroxylation sites is 1. The van der Waals surface area contributed by atoms with Gasteiger partial charge >= 0.3 is 0 Å². The normalized spacial score (nSPS) is 11.9. The molecule has 1 N–H and O–H groups in total. The number of hydrogen-bond donors (Lipinski definition) is 1. The third-order valence-electron chi connectivity index (χ3n) is 5.34. The van der Waals surface area contributed by atoms with Crippen LogP contribution in [0.4, 0.5) is 0 Å². The lowest BCUT2D eigenvalue weighted by atomic mass is 9.98. The predicted molar refractivity (Wildman–Crippen MR) is 134 cm³/mol. The Labute approximate surface area is 197 Å². The average Bonchev–Trinajstić information content (AvgIpc) is 2.86. The molecule has 166 valence electrons. The summed E-state index contributed by atoms with van der Waals surface area (Å²) in [5.41, 5.74) is 2.48. The Kier molecular flexibility index (Phi) is 7.05. The van der Waals surface area contributed by atoms with E-state index in [9.17, 15) is 9.59 Å². The van der Waals surface area contributed by atoms with Gasteiger partial charge in [0.05, 0.1) is 22.2 Å². The molecule has 33 heavy (non-hydrogen) atoms. The minimum Gasteiger partial charge on any atom is -0.344 e. The smallest absolute Gasteiger partial charge is 0.262 e. The summed E-state index contributed by atoms with van der Waals surface area (Å²) < 4.78 is 1.57. The maximum atomic E-state index is 13.3. The van der Waals surface area contributed by atoms with Crippen molar-refractivity contribution < 1.29 is 4.79 Å². The zero-order valence-corrected chi connectivity index (χ0v) is 19.2. The molecule has 5 nitrogen and oxygen atoms in total. The molecule has 0 aliphatic heterocycles. The first-order valence-electron chi connectivity index (χ1n) is 10.8. The molecule has 0 saturated heterocycles. The van der Waals surface area contributed by atoms with Gasteiger partial charge in [0, 0.05) is 6.54 Å². The van der Waals surface area contributed by atoms with Gasteiger partial charge < -0.3 is 5.32 Å². The molecule has 1 aromatic heterocycles. The number of thioether (sulfide) groups is 1. The number of nitrogens with one attached hydrogen (secondary N) is 1. The van der Waals surface area contributed by atoms with Crippen molar-refractivity contribution in [2.75, 3.05) is 0 Å². The van der Waals surface area contributed by atoms with Crippen LogP contribution in [0.1, 0.15) is 24.1 Å². The van der Waals surface area contributed by atoms with Crippen molar-refractivity contribution in [1.29, 1.82) is 0 Å². The number of hydrogen-bond acceptors (Lipinski definition) is 4. The Morgan fingerprint density at radius 1 is 1.00 bits per heavy atom. The second kappa shape index (κ2) is 10.3. The highest BCUT2D eigenvalue weighted by Gasteiger charge is 2.23. The summed E-state index contributed by atoms with van der Waals surface area (Å²) in [5, 5.41) is 3.76. The fourth-order valence-corrected chi connectivity index (χ4v) is 4.58. The summed E-state index contributed by atoms with van der Waals surface area (Å²) in [6, 6.07) is 26.7. The van der Waals surface area contributed by atoms with E-state index in [0.717, 1.165) is 11.1 Å². The van der Waals surface area contributed by atoms with Gasteiger partial charge in [-0.1, -0.05) is 90.6 Å². The monoisotopic (exact) mass is 455 g/mol. The average molecular weight is 456 g/mol. The van der Waals surface area contributed by atoms with Crippen LogP contribution in [-0.2, 0) is 11.3 Å². The number of fused-ring (bicyclic) bond motifs is 1. The van der Waals surface area contributed by atoms with Crippen LogP contribution in [0.2, 0.25) is 0 Å². The molecular weight excluding hydrogens is 430 g/mol. The summed E-state index contributed by atoms with van der Waals surface area (Å²) >= 11 is 1.27. The Hall–Kier alpha value is -3.64. The summed E-state index contributed by atoms with van der Waals surface area (Å²) in [6.45, 7) is 5.91. The molecule has 1 heterocycles. The van der Waals surface area contributed by atoms with Crippen molar-refractivity contribution >= 4 is 28.6 Å². The fourth-order valence-electron chi connectivity index (χ4n) is 3.65. The lowest BCUT2D eigenvalue weighted by molar-refractivity contribution is -0.120. The van der Waals surface area contributed by atoms with Gasteiger partial charge in [-0.05, 0) is 30.2 Å². The van der Waals surface area contributed by atoms with Crippen LogP contribution in [0.15, 0.2) is 108 Å². The first-order chi connectivity index (χ1) is 16.1. The van der Waals surface area contributed by atoms with Crippen molar-refractivity contribution in [2.45, 2.75) is 29.9 Å². The quantitative estimate of drug-likeness (QED) is 0.231. The zero-order chi connectivity index (χ0) is 23.2. The molecule has 0 aliphatic rings. The minimum atomic E-state index is -0.468. The molecule has 0 saturated carbocycles. The topological polar surface area (TPSA) is 64.0 Å². The van der Waals surface area contributed by atoms with Gasteiger partial charge in [0.1, 0.15) is 0 Å². The highest BCUT2D eigenvalue weighted by Crippen LogP contribution is 2.26. The van der Waals surface area contributed by atoms with Crippen LogP contribution in [0, 0.1) is 0 Å². The predicted octanol–water partition coefficient (Wildman–Crippen LogP) is 4.97. The molecular formula is C27H25N3O2S. The fraction of sp³-hybridized carbons (Fsp3) is 0.148. The van der Waals surface area contributed by atoms with E-state index >= 15 is 0 Å². The number of nitrogens with zero attached hydrogens (tertiary/aromatic N) is 2. The van der Waals surface area contributed by atoms with E-state index < -0.39 is 5.25 Å². The van der Waals surface area contributed by atoms with Gasteiger partial charge in [0.2, 0.25) is 5.91 Å². The van der Waals surface area contributed by atoms with Gasteiger partial charge in [-0.2, -0.15) is 0 Å². The Morgan fingerprint density at radius 3 is 2.18 bits per heavy atom. The van der Waals surface area contributed by atoms with E-state index in [2.05, 4.69) is 16.9 Å². The molecule has 1 atom stereocenters. The van der Waals surface area contributed by atoms with Gasteiger partial charge in [0.25, 0.3) is 5.56 Å². The van der Waals surface area contributed by atoms with Crippen molar-refractivity contribution in [3.05, 3.63) is 119 Å². The van der Waals surface area contributed by atoms with E-state index in [4.69, 9.17) is 0 Å². The number of aromatic nitrogens is 2. The first-order valence-corrected chi connectivity index (χ1v) is 11.6. The van der Waals surface area contributed by atoms with E-state index in [1.54, 1.807) is 16.7 Å². The highest BCUT2D eigenvalue weighted by molar-refractivity contribution is 8.00. The first kappa shape index (κ1) is 22.6. The third-order valence-corrected chi connectivity index (χ3v) is 6.43.